The first-order valence-corrected chi connectivity index (χ1v) is 6.38. The fraction of sp³-hybridized carbons (Fsp3) is 0.462. The zero-order valence-corrected chi connectivity index (χ0v) is 11.5. The molecule has 2 rings (SSSR count). The molecule has 0 saturated carbocycles. The minimum Gasteiger partial charge on any atom is -0.383 e. The van der Waals surface area contributed by atoms with Crippen molar-refractivity contribution in [3.8, 4) is 0 Å². The molecule has 0 bridgehead atoms. The van der Waals surface area contributed by atoms with Crippen LogP contribution in [0.3, 0.4) is 0 Å². The molecule has 3 N–H and O–H groups in total. The van der Waals surface area contributed by atoms with Gasteiger partial charge in [-0.05, 0) is 26.3 Å². The maximum Gasteiger partial charge on any atom is 0.221 e. The van der Waals surface area contributed by atoms with E-state index in [-0.39, 0.29) is 5.91 Å². The van der Waals surface area contributed by atoms with E-state index in [0.29, 0.717) is 25.3 Å². The van der Waals surface area contributed by atoms with Gasteiger partial charge in [0.1, 0.15) is 17.8 Å². The summed E-state index contributed by atoms with van der Waals surface area (Å²) in [7, 11) is 0. The summed E-state index contributed by atoms with van der Waals surface area (Å²) in [6, 6.07) is 0. The van der Waals surface area contributed by atoms with E-state index in [0.717, 1.165) is 22.3 Å². The van der Waals surface area contributed by atoms with Crippen LogP contribution in [0.5, 0.6) is 0 Å². The Labute approximate surface area is 112 Å². The molecular weight excluding hydrogens is 242 g/mol. The number of aromatic nitrogens is 3. The number of carbonyl (C=O) groups is 1. The average Bonchev–Trinajstić information content (AvgIpc) is 2.61. The predicted octanol–water partition coefficient (Wildman–Crippen LogP) is 1.16. The van der Waals surface area contributed by atoms with Crippen molar-refractivity contribution in [2.45, 2.75) is 33.7 Å². The quantitative estimate of drug-likeness (QED) is 0.864. The van der Waals surface area contributed by atoms with Crippen molar-refractivity contribution in [1.29, 1.82) is 0 Å². The van der Waals surface area contributed by atoms with Gasteiger partial charge in [0, 0.05) is 25.2 Å². The summed E-state index contributed by atoms with van der Waals surface area (Å²) < 4.78 is 2.03. The van der Waals surface area contributed by atoms with Gasteiger partial charge in [0.15, 0.2) is 0 Å². The van der Waals surface area contributed by atoms with Gasteiger partial charge in [-0.15, -0.1) is 0 Å². The molecule has 102 valence electrons. The van der Waals surface area contributed by atoms with Crippen LogP contribution in [-0.4, -0.2) is 27.0 Å². The number of amides is 1. The molecule has 0 aromatic carbocycles. The highest BCUT2D eigenvalue weighted by Crippen LogP contribution is 2.26. The van der Waals surface area contributed by atoms with Gasteiger partial charge in [-0.3, -0.25) is 4.79 Å². The van der Waals surface area contributed by atoms with E-state index in [1.807, 2.05) is 25.3 Å². The second-order valence-corrected chi connectivity index (χ2v) is 4.52. The Balaban J connectivity index is 2.36. The molecule has 0 radical (unpaired) electrons. The highest BCUT2D eigenvalue weighted by Gasteiger charge is 2.15. The summed E-state index contributed by atoms with van der Waals surface area (Å²) in [4.78, 5) is 19.9. The van der Waals surface area contributed by atoms with Gasteiger partial charge in [0.05, 0.1) is 5.39 Å². The molecule has 2 heterocycles. The fourth-order valence-electron chi connectivity index (χ4n) is 2.27. The number of hydrogen-bond acceptors (Lipinski definition) is 4. The lowest BCUT2D eigenvalue weighted by molar-refractivity contribution is -0.121. The van der Waals surface area contributed by atoms with Gasteiger partial charge in [-0.2, -0.15) is 0 Å². The molecular formula is C13H19N5O. The summed E-state index contributed by atoms with van der Waals surface area (Å²) in [6.07, 6.45) is 1.89. The van der Waals surface area contributed by atoms with Crippen molar-refractivity contribution < 1.29 is 4.79 Å². The molecule has 0 saturated heterocycles. The van der Waals surface area contributed by atoms with Crippen LogP contribution in [0.2, 0.25) is 0 Å². The van der Waals surface area contributed by atoms with Crippen LogP contribution in [0.1, 0.15) is 24.6 Å². The Morgan fingerprint density at radius 3 is 2.84 bits per heavy atom. The van der Waals surface area contributed by atoms with Crippen LogP contribution in [0, 0.1) is 13.8 Å². The number of nitrogens with zero attached hydrogens (tertiary/aromatic N) is 3. The number of hydrogen-bond donors (Lipinski definition) is 2. The van der Waals surface area contributed by atoms with Crippen LogP contribution in [0.4, 0.5) is 5.82 Å². The van der Waals surface area contributed by atoms with Crippen molar-refractivity contribution in [2.24, 2.45) is 0 Å². The Bertz CT molecular complexity index is 617. The fourth-order valence-corrected chi connectivity index (χ4v) is 2.27. The monoisotopic (exact) mass is 261 g/mol. The Kier molecular flexibility index (Phi) is 3.69. The maximum absolute atomic E-state index is 11.6. The number of nitrogen functional groups attached to an aromatic ring is 1. The van der Waals surface area contributed by atoms with Gasteiger partial charge in [-0.25, -0.2) is 9.97 Å². The van der Waals surface area contributed by atoms with Crippen LogP contribution in [-0.2, 0) is 11.3 Å². The van der Waals surface area contributed by atoms with Gasteiger partial charge in [-0.1, -0.05) is 0 Å². The molecule has 2 aromatic rings. The minimum atomic E-state index is 0.0448. The Morgan fingerprint density at radius 2 is 2.16 bits per heavy atom. The number of fused-ring (bicyclic) bond motifs is 1. The zero-order valence-electron chi connectivity index (χ0n) is 11.5. The molecule has 0 aliphatic rings. The third-order valence-electron chi connectivity index (χ3n) is 3.37. The predicted molar refractivity (Wildman–Crippen MR) is 74.7 cm³/mol. The van der Waals surface area contributed by atoms with Gasteiger partial charge >= 0.3 is 0 Å². The van der Waals surface area contributed by atoms with Crippen LogP contribution in [0.25, 0.3) is 11.0 Å². The number of carbonyl (C=O) groups excluding carboxylic acids is 1. The van der Waals surface area contributed by atoms with E-state index in [2.05, 4.69) is 15.3 Å². The number of nitrogens with two attached hydrogens (primary N) is 1. The summed E-state index contributed by atoms with van der Waals surface area (Å²) >= 11 is 0. The van der Waals surface area contributed by atoms with E-state index < -0.39 is 0 Å². The minimum absolute atomic E-state index is 0.0448. The molecule has 6 heteroatoms. The van der Waals surface area contributed by atoms with E-state index in [4.69, 9.17) is 5.73 Å². The summed E-state index contributed by atoms with van der Waals surface area (Å²) in [6.45, 7) is 7.16. The lowest BCUT2D eigenvalue weighted by Gasteiger charge is -2.07. The maximum atomic E-state index is 11.6. The first kappa shape index (κ1) is 13.3. The van der Waals surface area contributed by atoms with Crippen molar-refractivity contribution in [3.63, 3.8) is 0 Å². The molecule has 1 amide bonds. The molecule has 0 unspecified atom stereocenters. The van der Waals surface area contributed by atoms with Gasteiger partial charge < -0.3 is 15.6 Å². The van der Waals surface area contributed by atoms with Gasteiger partial charge in [0.2, 0.25) is 5.91 Å². The topological polar surface area (TPSA) is 85.8 Å². The second-order valence-electron chi connectivity index (χ2n) is 4.52. The van der Waals surface area contributed by atoms with Crippen molar-refractivity contribution in [2.75, 3.05) is 12.3 Å². The van der Waals surface area contributed by atoms with Crippen LogP contribution in [0.15, 0.2) is 6.33 Å². The first-order chi connectivity index (χ1) is 9.06. The highest BCUT2D eigenvalue weighted by molar-refractivity contribution is 5.90. The zero-order chi connectivity index (χ0) is 14.0. The molecule has 6 nitrogen and oxygen atoms in total. The smallest absolute Gasteiger partial charge is 0.221 e. The average molecular weight is 261 g/mol. The third kappa shape index (κ3) is 2.38. The summed E-state index contributed by atoms with van der Waals surface area (Å²) in [5, 5.41) is 3.68. The number of nitrogens with one attached hydrogen (secondary N) is 1. The van der Waals surface area contributed by atoms with Crippen molar-refractivity contribution in [1.82, 2.24) is 19.9 Å². The molecule has 0 aliphatic heterocycles. The van der Waals surface area contributed by atoms with E-state index >= 15 is 0 Å². The van der Waals surface area contributed by atoms with E-state index in [1.54, 1.807) is 0 Å². The lowest BCUT2D eigenvalue weighted by atomic mass is 10.2. The van der Waals surface area contributed by atoms with Crippen molar-refractivity contribution in [3.05, 3.63) is 17.6 Å². The number of rotatable bonds is 4. The molecule has 0 fully saturated rings. The second kappa shape index (κ2) is 5.26. The van der Waals surface area contributed by atoms with E-state index in [1.165, 1.54) is 6.33 Å². The van der Waals surface area contributed by atoms with E-state index in [9.17, 15) is 4.79 Å². The Morgan fingerprint density at radius 1 is 1.42 bits per heavy atom. The normalized spacial score (nSPS) is 10.9. The molecule has 2 aromatic heterocycles. The first-order valence-electron chi connectivity index (χ1n) is 6.38. The lowest BCUT2D eigenvalue weighted by Crippen LogP contribution is -2.24. The highest BCUT2D eigenvalue weighted by atomic mass is 16.1. The number of aryl methyl sites for hydroxylation is 2. The third-order valence-corrected chi connectivity index (χ3v) is 3.37. The largest absolute Gasteiger partial charge is 0.383 e. The number of anilines is 1. The SMILES string of the molecule is CCNC(=O)CCn1c(C)c(C)c2c(N)ncnc21. The molecule has 0 atom stereocenters. The van der Waals surface area contributed by atoms with Crippen molar-refractivity contribution >= 4 is 22.8 Å². The molecule has 0 aliphatic carbocycles. The summed E-state index contributed by atoms with van der Waals surface area (Å²) in [5.41, 5.74) is 8.85. The molecule has 19 heavy (non-hydrogen) atoms. The van der Waals surface area contributed by atoms with Gasteiger partial charge in [0.25, 0.3) is 0 Å². The standard InChI is InChI=1S/C13H19N5O/c1-4-15-10(19)5-6-18-9(3)8(2)11-12(14)16-7-17-13(11)18/h7H,4-6H2,1-3H3,(H,15,19)(H2,14,16,17). The summed E-state index contributed by atoms with van der Waals surface area (Å²) in [5.74, 6) is 0.533. The molecule has 0 spiro atoms. The Hall–Kier alpha value is -2.11. The van der Waals surface area contributed by atoms with Crippen LogP contribution >= 0.6 is 0 Å². The van der Waals surface area contributed by atoms with Crippen LogP contribution < -0.4 is 11.1 Å².